The lowest BCUT2D eigenvalue weighted by Gasteiger charge is -2.17. The van der Waals surface area contributed by atoms with Gasteiger partial charge >= 0.3 is 0 Å². The van der Waals surface area contributed by atoms with Crippen molar-refractivity contribution in [2.45, 2.75) is 25.7 Å². The Hall–Kier alpha value is -1.22. The highest BCUT2D eigenvalue weighted by Gasteiger charge is 2.13. The number of hydrogen-bond acceptors (Lipinski definition) is 6. The quantitative estimate of drug-likeness (QED) is 0.282. The van der Waals surface area contributed by atoms with E-state index in [0.717, 1.165) is 9.80 Å². The molecule has 0 atom stereocenters. The summed E-state index contributed by atoms with van der Waals surface area (Å²) in [6, 6.07) is 0. The molecule has 0 aromatic rings. The fourth-order valence-corrected chi connectivity index (χ4v) is 1.27. The van der Waals surface area contributed by atoms with Crippen LogP contribution in [0.4, 0.5) is 0 Å². The third-order valence-electron chi connectivity index (χ3n) is 2.42. The Morgan fingerprint density at radius 3 is 1.17 bits per heavy atom. The topological polar surface area (TPSA) is 122 Å². The van der Waals surface area contributed by atoms with E-state index in [9.17, 15) is 9.59 Å². The molecule has 106 valence electrons. The van der Waals surface area contributed by atoms with E-state index < -0.39 is 38.7 Å². The fraction of sp³-hybridized carbons (Fsp3) is 0.800. The first-order valence-corrected chi connectivity index (χ1v) is 5.59. The zero-order valence-corrected chi connectivity index (χ0v) is 10.2. The van der Waals surface area contributed by atoms with Crippen molar-refractivity contribution < 1.29 is 30.0 Å². The molecule has 0 aliphatic carbocycles. The molecule has 0 aliphatic heterocycles. The molecule has 18 heavy (non-hydrogen) atoms. The van der Waals surface area contributed by atoms with Gasteiger partial charge in [0.15, 0.2) is 0 Å². The molecule has 0 heterocycles. The smallest absolute Gasteiger partial charge is 0.226 e. The molecule has 2 amide bonds. The van der Waals surface area contributed by atoms with Crippen LogP contribution >= 0.6 is 0 Å². The number of hydrogen-bond donors (Lipinski definition) is 4. The lowest BCUT2D eigenvalue weighted by atomic mass is 10.1. The number of carbonyl (C=O) groups is 2. The van der Waals surface area contributed by atoms with E-state index >= 15 is 0 Å². The maximum absolute atomic E-state index is 11.3. The molecule has 8 nitrogen and oxygen atoms in total. The summed E-state index contributed by atoms with van der Waals surface area (Å²) in [5, 5.41) is 34.8. The van der Waals surface area contributed by atoms with Crippen molar-refractivity contribution in [2.75, 3.05) is 26.9 Å². The van der Waals surface area contributed by atoms with Crippen molar-refractivity contribution in [3.8, 4) is 0 Å². The van der Waals surface area contributed by atoms with E-state index in [1.807, 2.05) is 0 Å². The van der Waals surface area contributed by atoms with Crippen molar-refractivity contribution in [3.63, 3.8) is 0 Å². The number of nitrogens with zero attached hydrogens (tertiary/aromatic N) is 2. The van der Waals surface area contributed by atoms with Gasteiger partial charge in [0.1, 0.15) is 26.9 Å². The first-order valence-electron chi connectivity index (χ1n) is 5.59. The lowest BCUT2D eigenvalue weighted by Crippen LogP contribution is -2.33. The van der Waals surface area contributed by atoms with Crippen molar-refractivity contribution in [2.24, 2.45) is 0 Å². The number of aliphatic hydroxyl groups excluding tert-OH is 4. The fourth-order valence-electron chi connectivity index (χ4n) is 1.27. The second-order valence-electron chi connectivity index (χ2n) is 3.64. The molecule has 0 aromatic carbocycles. The minimum absolute atomic E-state index is 0.118. The molecule has 0 fully saturated rings. The van der Waals surface area contributed by atoms with Crippen LogP contribution in [0.1, 0.15) is 25.7 Å². The maximum Gasteiger partial charge on any atom is 0.226 e. The van der Waals surface area contributed by atoms with Gasteiger partial charge in [-0.25, -0.2) is 0 Å². The highest BCUT2D eigenvalue weighted by atomic mass is 16.3. The van der Waals surface area contributed by atoms with E-state index in [1.54, 1.807) is 0 Å². The Kier molecular flexibility index (Phi) is 9.11. The van der Waals surface area contributed by atoms with E-state index in [4.69, 9.17) is 20.4 Å². The summed E-state index contributed by atoms with van der Waals surface area (Å²) in [7, 11) is 0. The van der Waals surface area contributed by atoms with Crippen LogP contribution in [0.25, 0.3) is 0 Å². The van der Waals surface area contributed by atoms with Gasteiger partial charge in [-0.05, 0) is 12.8 Å². The largest absolute Gasteiger partial charge is 0.376 e. The predicted octanol–water partition coefficient (Wildman–Crippen LogP) is -2.00. The van der Waals surface area contributed by atoms with Crippen LogP contribution in [0, 0.1) is 0 Å². The van der Waals surface area contributed by atoms with Crippen molar-refractivity contribution >= 4 is 11.8 Å². The Morgan fingerprint density at radius 2 is 0.944 bits per heavy atom. The molecule has 0 rings (SSSR count). The zero-order chi connectivity index (χ0) is 14.0. The number of amides is 2. The van der Waals surface area contributed by atoms with Crippen molar-refractivity contribution in [1.82, 2.24) is 9.80 Å². The minimum atomic E-state index is -0.545. The molecular weight excluding hydrogens is 244 g/mol. The molecule has 0 unspecified atom stereocenters. The summed E-state index contributed by atoms with van der Waals surface area (Å²) in [5.41, 5.74) is 0. The van der Waals surface area contributed by atoms with Crippen LogP contribution in [0.15, 0.2) is 0 Å². The Labute approximate surface area is 105 Å². The second-order valence-corrected chi connectivity index (χ2v) is 3.64. The molecule has 4 N–H and O–H groups in total. The minimum Gasteiger partial charge on any atom is -0.376 e. The molecule has 0 bridgehead atoms. The summed E-state index contributed by atoms with van der Waals surface area (Å²) >= 11 is 0. The standard InChI is InChI=1S/C10H20N2O6/c13-5-11(6-14)9(17)3-1-2-4-10(18)12(7-15)8-16/h13-16H,1-8H2. The van der Waals surface area contributed by atoms with Crippen LogP contribution in [0.3, 0.4) is 0 Å². The second kappa shape index (κ2) is 9.77. The Balaban J connectivity index is 3.79. The van der Waals surface area contributed by atoms with Gasteiger partial charge in [-0.3, -0.25) is 19.4 Å². The van der Waals surface area contributed by atoms with Crippen LogP contribution < -0.4 is 0 Å². The Bertz CT molecular complexity index is 227. The summed E-state index contributed by atoms with van der Waals surface area (Å²) in [6.07, 6.45) is 1.08. The number of carbonyl (C=O) groups excluding carboxylic acids is 2. The number of aliphatic hydroxyl groups is 4. The molecule has 0 radical (unpaired) electrons. The van der Waals surface area contributed by atoms with Gasteiger partial charge in [0.2, 0.25) is 11.8 Å². The molecule has 8 heteroatoms. The van der Waals surface area contributed by atoms with Crippen LogP contribution in [-0.2, 0) is 9.59 Å². The first kappa shape index (κ1) is 16.8. The molecular formula is C10H20N2O6. The van der Waals surface area contributed by atoms with Gasteiger partial charge in [0, 0.05) is 12.8 Å². The highest BCUT2D eigenvalue weighted by molar-refractivity contribution is 5.77. The van der Waals surface area contributed by atoms with E-state index in [1.165, 1.54) is 0 Å². The molecule has 0 saturated carbocycles. The zero-order valence-electron chi connectivity index (χ0n) is 10.2. The van der Waals surface area contributed by atoms with Crippen LogP contribution in [-0.4, -0.2) is 69.0 Å². The monoisotopic (exact) mass is 264 g/mol. The summed E-state index contributed by atoms with van der Waals surface area (Å²) < 4.78 is 0. The normalized spacial score (nSPS) is 10.2. The molecule has 0 aliphatic rings. The molecule has 0 spiro atoms. The summed E-state index contributed by atoms with van der Waals surface area (Å²) in [4.78, 5) is 24.4. The predicted molar refractivity (Wildman–Crippen MR) is 60.5 cm³/mol. The van der Waals surface area contributed by atoms with Gasteiger partial charge in [-0.2, -0.15) is 0 Å². The first-order chi connectivity index (χ1) is 8.60. The summed E-state index contributed by atoms with van der Waals surface area (Å²) in [6.45, 7) is -2.18. The molecule has 0 aromatic heterocycles. The van der Waals surface area contributed by atoms with Gasteiger partial charge < -0.3 is 20.4 Å². The number of rotatable bonds is 9. The molecule has 0 saturated heterocycles. The van der Waals surface area contributed by atoms with Gasteiger partial charge in [-0.15, -0.1) is 0 Å². The third-order valence-corrected chi connectivity index (χ3v) is 2.42. The average Bonchev–Trinajstić information content (AvgIpc) is 2.37. The van der Waals surface area contributed by atoms with Crippen molar-refractivity contribution in [1.29, 1.82) is 0 Å². The highest BCUT2D eigenvalue weighted by Crippen LogP contribution is 2.05. The van der Waals surface area contributed by atoms with E-state index in [2.05, 4.69) is 0 Å². The van der Waals surface area contributed by atoms with E-state index in [-0.39, 0.29) is 12.8 Å². The third kappa shape index (κ3) is 5.92. The van der Waals surface area contributed by atoms with Crippen LogP contribution in [0.2, 0.25) is 0 Å². The van der Waals surface area contributed by atoms with Gasteiger partial charge in [0.05, 0.1) is 0 Å². The van der Waals surface area contributed by atoms with Crippen molar-refractivity contribution in [3.05, 3.63) is 0 Å². The summed E-state index contributed by atoms with van der Waals surface area (Å²) in [5.74, 6) is -0.790. The lowest BCUT2D eigenvalue weighted by molar-refractivity contribution is -0.141. The number of unbranched alkanes of at least 4 members (excludes halogenated alkanes) is 1. The maximum atomic E-state index is 11.3. The van der Waals surface area contributed by atoms with Gasteiger partial charge in [0.25, 0.3) is 0 Å². The van der Waals surface area contributed by atoms with Crippen LogP contribution in [0.5, 0.6) is 0 Å². The average molecular weight is 264 g/mol. The Morgan fingerprint density at radius 1 is 0.667 bits per heavy atom. The van der Waals surface area contributed by atoms with Gasteiger partial charge in [-0.1, -0.05) is 0 Å². The van der Waals surface area contributed by atoms with E-state index in [0.29, 0.717) is 12.8 Å². The SMILES string of the molecule is O=C(CCCCC(=O)N(CO)CO)N(CO)CO.